The van der Waals surface area contributed by atoms with Gasteiger partial charge in [0, 0.05) is 51.0 Å². The zero-order valence-electron chi connectivity index (χ0n) is 13.8. The highest BCUT2D eigenvalue weighted by Crippen LogP contribution is 2.29. The number of nitrogen functional groups attached to an aromatic ring is 1. The third-order valence-electron chi connectivity index (χ3n) is 5.10. The molecular formula is C17H28N4O. The second kappa shape index (κ2) is 6.75. The van der Waals surface area contributed by atoms with Gasteiger partial charge in [0.05, 0.1) is 12.8 Å². The summed E-state index contributed by atoms with van der Waals surface area (Å²) in [4.78, 5) is 7.55. The highest BCUT2D eigenvalue weighted by molar-refractivity contribution is 5.63. The fourth-order valence-corrected chi connectivity index (χ4v) is 3.59. The Balaban J connectivity index is 1.56. The fourth-order valence-electron chi connectivity index (χ4n) is 3.59. The van der Waals surface area contributed by atoms with E-state index in [2.05, 4.69) is 27.8 Å². The monoisotopic (exact) mass is 304 g/mol. The quantitative estimate of drug-likeness (QED) is 0.857. The first-order valence-corrected chi connectivity index (χ1v) is 8.28. The van der Waals surface area contributed by atoms with Crippen LogP contribution in [0.3, 0.4) is 0 Å². The van der Waals surface area contributed by atoms with Crippen molar-refractivity contribution in [3.05, 3.63) is 18.2 Å². The molecule has 1 aromatic carbocycles. The summed E-state index contributed by atoms with van der Waals surface area (Å²) in [5.74, 6) is 0.760. The zero-order chi connectivity index (χ0) is 15.5. The SMILES string of the molecule is COc1ccc(N2CCC(N3CCN(C)CC3)CC2)cc1N. The molecule has 0 radical (unpaired) electrons. The van der Waals surface area contributed by atoms with Crippen LogP contribution in [0.4, 0.5) is 11.4 Å². The van der Waals surface area contributed by atoms with Gasteiger partial charge in [-0.1, -0.05) is 0 Å². The van der Waals surface area contributed by atoms with Gasteiger partial charge in [-0.2, -0.15) is 0 Å². The van der Waals surface area contributed by atoms with E-state index in [9.17, 15) is 0 Å². The summed E-state index contributed by atoms with van der Waals surface area (Å²) in [7, 11) is 3.88. The standard InChI is InChI=1S/C17H28N4O/c1-19-9-11-21(12-10-19)14-5-7-20(8-6-14)15-3-4-17(22-2)16(18)13-15/h3-4,13-14H,5-12,18H2,1-2H3. The van der Waals surface area contributed by atoms with Gasteiger partial charge in [0.15, 0.2) is 0 Å². The molecule has 5 nitrogen and oxygen atoms in total. The number of benzene rings is 1. The maximum atomic E-state index is 6.03. The molecule has 0 bridgehead atoms. The smallest absolute Gasteiger partial charge is 0.141 e. The largest absolute Gasteiger partial charge is 0.495 e. The summed E-state index contributed by atoms with van der Waals surface area (Å²) in [6.45, 7) is 7.07. The molecule has 0 aliphatic carbocycles. The van der Waals surface area contributed by atoms with Crippen molar-refractivity contribution in [1.82, 2.24) is 9.80 Å². The molecule has 2 saturated heterocycles. The molecule has 122 valence electrons. The Morgan fingerprint density at radius 2 is 1.73 bits per heavy atom. The van der Waals surface area contributed by atoms with Gasteiger partial charge in [-0.25, -0.2) is 0 Å². The molecule has 2 fully saturated rings. The Kier molecular flexibility index (Phi) is 4.74. The fraction of sp³-hybridized carbons (Fsp3) is 0.647. The predicted molar refractivity (Wildman–Crippen MR) is 91.7 cm³/mol. The third-order valence-corrected chi connectivity index (χ3v) is 5.10. The summed E-state index contributed by atoms with van der Waals surface area (Å²) in [5.41, 5.74) is 7.97. The minimum atomic E-state index is 0.723. The normalized spacial score (nSPS) is 22.0. The van der Waals surface area contributed by atoms with Crippen LogP contribution < -0.4 is 15.4 Å². The van der Waals surface area contributed by atoms with E-state index in [0.717, 1.165) is 30.6 Å². The molecule has 0 atom stereocenters. The van der Waals surface area contributed by atoms with Crippen LogP contribution in [0.5, 0.6) is 5.75 Å². The second-order valence-electron chi connectivity index (χ2n) is 6.48. The van der Waals surface area contributed by atoms with Crippen LogP contribution in [0.25, 0.3) is 0 Å². The first kappa shape index (κ1) is 15.4. The number of piperazine rings is 1. The van der Waals surface area contributed by atoms with E-state index in [4.69, 9.17) is 10.5 Å². The molecular weight excluding hydrogens is 276 g/mol. The second-order valence-corrected chi connectivity index (χ2v) is 6.48. The minimum Gasteiger partial charge on any atom is -0.495 e. The molecule has 2 aliphatic heterocycles. The number of methoxy groups -OCH3 is 1. The Labute approximate surface area is 133 Å². The molecule has 0 aromatic heterocycles. The summed E-state index contributed by atoms with van der Waals surface area (Å²) in [6, 6.07) is 6.87. The number of nitrogens with two attached hydrogens (primary N) is 1. The number of likely N-dealkylation sites (N-methyl/N-ethyl adjacent to an activating group) is 1. The number of hydrogen-bond donors (Lipinski definition) is 1. The highest BCUT2D eigenvalue weighted by atomic mass is 16.5. The van der Waals surface area contributed by atoms with Gasteiger partial charge in [-0.15, -0.1) is 0 Å². The van der Waals surface area contributed by atoms with Crippen LogP contribution >= 0.6 is 0 Å². The topological polar surface area (TPSA) is 45.0 Å². The Morgan fingerprint density at radius 1 is 1.05 bits per heavy atom. The van der Waals surface area contributed by atoms with E-state index < -0.39 is 0 Å². The van der Waals surface area contributed by atoms with Crippen molar-refractivity contribution in [2.75, 3.05) is 64.1 Å². The van der Waals surface area contributed by atoms with Crippen molar-refractivity contribution in [2.24, 2.45) is 0 Å². The van der Waals surface area contributed by atoms with Crippen LogP contribution in [-0.2, 0) is 0 Å². The molecule has 3 rings (SSSR count). The van der Waals surface area contributed by atoms with Gasteiger partial charge >= 0.3 is 0 Å². The van der Waals surface area contributed by atoms with Crippen molar-refractivity contribution in [3.63, 3.8) is 0 Å². The molecule has 1 aromatic rings. The number of nitrogens with zero attached hydrogens (tertiary/aromatic N) is 3. The molecule has 2 heterocycles. The van der Waals surface area contributed by atoms with Gasteiger partial charge in [0.2, 0.25) is 0 Å². The molecule has 0 amide bonds. The lowest BCUT2D eigenvalue weighted by Crippen LogP contribution is -2.52. The van der Waals surface area contributed by atoms with Crippen molar-refractivity contribution in [1.29, 1.82) is 0 Å². The van der Waals surface area contributed by atoms with Crippen LogP contribution in [0, 0.1) is 0 Å². The molecule has 0 unspecified atom stereocenters. The van der Waals surface area contributed by atoms with E-state index >= 15 is 0 Å². The van der Waals surface area contributed by atoms with E-state index in [1.165, 1.54) is 44.7 Å². The maximum Gasteiger partial charge on any atom is 0.141 e. The summed E-state index contributed by atoms with van der Waals surface area (Å²) >= 11 is 0. The average molecular weight is 304 g/mol. The lowest BCUT2D eigenvalue weighted by molar-refractivity contribution is 0.0982. The predicted octanol–water partition coefficient (Wildman–Crippen LogP) is 1.49. The van der Waals surface area contributed by atoms with Crippen LogP contribution in [0.1, 0.15) is 12.8 Å². The van der Waals surface area contributed by atoms with Gasteiger partial charge < -0.3 is 20.3 Å². The third kappa shape index (κ3) is 3.31. The first-order chi connectivity index (χ1) is 10.7. The summed E-state index contributed by atoms with van der Waals surface area (Å²) in [6.07, 6.45) is 2.49. The molecule has 5 heteroatoms. The maximum absolute atomic E-state index is 6.03. The molecule has 0 spiro atoms. The number of piperidine rings is 1. The van der Waals surface area contributed by atoms with Gasteiger partial charge in [-0.3, -0.25) is 4.90 Å². The minimum absolute atomic E-state index is 0.723. The average Bonchev–Trinajstić information content (AvgIpc) is 2.56. The van der Waals surface area contributed by atoms with Crippen LogP contribution in [0.15, 0.2) is 18.2 Å². The van der Waals surface area contributed by atoms with Crippen LogP contribution in [-0.4, -0.2) is 69.3 Å². The van der Waals surface area contributed by atoms with E-state index in [0.29, 0.717) is 0 Å². The molecule has 0 saturated carbocycles. The summed E-state index contributed by atoms with van der Waals surface area (Å²) < 4.78 is 5.24. The van der Waals surface area contributed by atoms with E-state index in [-0.39, 0.29) is 0 Å². The Hall–Kier alpha value is -1.46. The lowest BCUT2D eigenvalue weighted by atomic mass is 10.0. The number of hydrogen-bond acceptors (Lipinski definition) is 5. The van der Waals surface area contributed by atoms with Gasteiger partial charge in [-0.05, 0) is 38.1 Å². The number of rotatable bonds is 3. The molecule has 2 N–H and O–H groups in total. The summed E-state index contributed by atoms with van der Waals surface area (Å²) in [5, 5.41) is 0. The lowest BCUT2D eigenvalue weighted by Gasteiger charge is -2.42. The highest BCUT2D eigenvalue weighted by Gasteiger charge is 2.26. The Morgan fingerprint density at radius 3 is 2.32 bits per heavy atom. The van der Waals surface area contributed by atoms with Crippen LogP contribution in [0.2, 0.25) is 0 Å². The van der Waals surface area contributed by atoms with Crippen molar-refractivity contribution >= 4 is 11.4 Å². The molecule has 2 aliphatic rings. The van der Waals surface area contributed by atoms with Gasteiger partial charge in [0.25, 0.3) is 0 Å². The van der Waals surface area contributed by atoms with E-state index in [1.54, 1.807) is 7.11 Å². The zero-order valence-corrected chi connectivity index (χ0v) is 13.8. The number of anilines is 2. The van der Waals surface area contributed by atoms with Gasteiger partial charge in [0.1, 0.15) is 5.75 Å². The van der Waals surface area contributed by atoms with Crippen molar-refractivity contribution in [2.45, 2.75) is 18.9 Å². The molecule has 22 heavy (non-hydrogen) atoms. The number of ether oxygens (including phenoxy) is 1. The Bertz CT molecular complexity index is 491. The van der Waals surface area contributed by atoms with Crippen molar-refractivity contribution in [3.8, 4) is 5.75 Å². The first-order valence-electron chi connectivity index (χ1n) is 8.28. The van der Waals surface area contributed by atoms with Crippen molar-refractivity contribution < 1.29 is 4.74 Å². The van der Waals surface area contributed by atoms with E-state index in [1.807, 2.05) is 12.1 Å².